The molecule has 2 aliphatic heterocycles. The van der Waals surface area contributed by atoms with Crippen molar-refractivity contribution >= 4 is 27.5 Å². The second-order valence-corrected chi connectivity index (χ2v) is 12.7. The fourth-order valence-electron chi connectivity index (χ4n) is 5.35. The largest absolute Gasteiger partial charge is 0.430 e. The molecule has 2 aliphatic rings. The molecule has 1 fully saturated rings. The summed E-state index contributed by atoms with van der Waals surface area (Å²) in [6, 6.07) is 3.52. The quantitative estimate of drug-likeness (QED) is 0.315. The van der Waals surface area contributed by atoms with Crippen LogP contribution in [0.4, 0.5) is 36.4 Å². The van der Waals surface area contributed by atoms with Gasteiger partial charge in [0.15, 0.2) is 0 Å². The standard InChI is InChI=1S/C27H28F7N3O7S/c28-18-3-6-20(7-4-18)45(43,44)37-19(12-22(39)35-13-23(40)36-10-9-24(41,14-36)15-38)5-1-16-11-17(2-8-21(16)37)25(42,26(29,30)31)27(32,33)34/h2-4,6-8,11,19,38,41-42H,1,5,9-10,12-15H2,(H,35,39). The Morgan fingerprint density at radius 2 is 1.64 bits per heavy atom. The highest BCUT2D eigenvalue weighted by molar-refractivity contribution is 7.92. The highest BCUT2D eigenvalue weighted by Crippen LogP contribution is 2.51. The number of fused-ring (bicyclic) bond motifs is 1. The van der Waals surface area contributed by atoms with Crippen LogP contribution in [0.3, 0.4) is 0 Å². The van der Waals surface area contributed by atoms with Crippen LogP contribution in [0.5, 0.6) is 0 Å². The molecule has 0 aliphatic carbocycles. The molecule has 0 radical (unpaired) electrons. The number of aliphatic hydroxyl groups is 3. The Hall–Kier alpha value is -3.48. The molecular weight excluding hydrogens is 643 g/mol. The van der Waals surface area contributed by atoms with Crippen LogP contribution in [-0.4, -0.2) is 90.7 Å². The van der Waals surface area contributed by atoms with Gasteiger partial charge in [0, 0.05) is 18.5 Å². The van der Waals surface area contributed by atoms with Gasteiger partial charge in [-0.25, -0.2) is 12.8 Å². The Labute approximate surface area is 252 Å². The molecule has 1 saturated heterocycles. The number of halogens is 7. The Bertz CT molecular complexity index is 1540. The van der Waals surface area contributed by atoms with Crippen LogP contribution < -0.4 is 9.62 Å². The van der Waals surface area contributed by atoms with E-state index < -0.39 is 87.3 Å². The molecule has 0 bridgehead atoms. The number of hydrogen-bond donors (Lipinski definition) is 4. The summed E-state index contributed by atoms with van der Waals surface area (Å²) in [5.41, 5.74) is -9.01. The number of carbonyl (C=O) groups excluding carboxylic acids is 2. The summed E-state index contributed by atoms with van der Waals surface area (Å²) < 4.78 is 123. The van der Waals surface area contributed by atoms with E-state index in [2.05, 4.69) is 5.32 Å². The van der Waals surface area contributed by atoms with Crippen LogP contribution in [-0.2, 0) is 31.6 Å². The maximum absolute atomic E-state index is 13.7. The molecule has 248 valence electrons. The lowest BCUT2D eigenvalue weighted by atomic mass is 9.87. The maximum Gasteiger partial charge on any atom is 0.430 e. The number of carbonyl (C=O) groups is 2. The summed E-state index contributed by atoms with van der Waals surface area (Å²) in [6.07, 6.45) is -13.4. The average molecular weight is 672 g/mol. The van der Waals surface area contributed by atoms with Crippen LogP contribution >= 0.6 is 0 Å². The predicted octanol–water partition coefficient (Wildman–Crippen LogP) is 2.11. The predicted molar refractivity (Wildman–Crippen MR) is 141 cm³/mol. The van der Waals surface area contributed by atoms with Crippen LogP contribution in [0.25, 0.3) is 0 Å². The molecule has 2 amide bonds. The third-order valence-corrected chi connectivity index (χ3v) is 9.72. The SMILES string of the molecule is O=C(CC1CCc2cc(C(O)(C(F)(F)F)C(F)(F)F)ccc2N1S(=O)(=O)c1ccc(F)cc1)NCC(=O)N1CCC(O)(CO)C1. The number of benzene rings is 2. The number of alkyl halides is 6. The summed E-state index contributed by atoms with van der Waals surface area (Å²) in [5.74, 6) is -2.23. The van der Waals surface area contributed by atoms with Gasteiger partial charge in [-0.2, -0.15) is 26.3 Å². The first-order chi connectivity index (χ1) is 20.7. The van der Waals surface area contributed by atoms with Crippen LogP contribution in [0.1, 0.15) is 30.4 Å². The van der Waals surface area contributed by atoms with Gasteiger partial charge in [-0.15, -0.1) is 0 Å². The Balaban J connectivity index is 1.65. The second-order valence-electron chi connectivity index (χ2n) is 10.9. The number of anilines is 1. The fourth-order valence-corrected chi connectivity index (χ4v) is 7.07. The number of nitrogens with zero attached hydrogens (tertiary/aromatic N) is 2. The van der Waals surface area contributed by atoms with E-state index in [-0.39, 0.29) is 49.7 Å². The second kappa shape index (κ2) is 12.0. The minimum absolute atomic E-state index is 0.103. The third-order valence-electron chi connectivity index (χ3n) is 7.84. The Kier molecular flexibility index (Phi) is 9.20. The minimum Gasteiger partial charge on any atom is -0.393 e. The molecule has 18 heteroatoms. The Morgan fingerprint density at radius 1 is 1.02 bits per heavy atom. The number of aliphatic hydroxyl groups excluding tert-OH is 1. The van der Waals surface area contributed by atoms with Crippen molar-refractivity contribution in [2.75, 3.05) is 30.5 Å². The molecule has 2 heterocycles. The molecule has 2 aromatic rings. The van der Waals surface area contributed by atoms with E-state index in [9.17, 15) is 64.1 Å². The first-order valence-corrected chi connectivity index (χ1v) is 14.8. The number of aryl methyl sites for hydroxylation is 1. The van der Waals surface area contributed by atoms with Crippen molar-refractivity contribution in [1.29, 1.82) is 0 Å². The van der Waals surface area contributed by atoms with Crippen molar-refractivity contribution in [1.82, 2.24) is 10.2 Å². The number of nitrogens with one attached hydrogen (secondary N) is 1. The first kappa shape index (κ1) is 34.4. The van der Waals surface area contributed by atoms with Gasteiger partial charge in [0.2, 0.25) is 11.8 Å². The lowest BCUT2D eigenvalue weighted by Crippen LogP contribution is -2.54. The van der Waals surface area contributed by atoms with Gasteiger partial charge in [-0.05, 0) is 55.2 Å². The molecule has 2 atom stereocenters. The van der Waals surface area contributed by atoms with Crippen LogP contribution in [0.2, 0.25) is 0 Å². The van der Waals surface area contributed by atoms with Crippen molar-refractivity contribution in [3.8, 4) is 0 Å². The highest BCUT2D eigenvalue weighted by Gasteiger charge is 2.71. The summed E-state index contributed by atoms with van der Waals surface area (Å²) in [4.78, 5) is 26.1. The van der Waals surface area contributed by atoms with Crippen molar-refractivity contribution in [3.63, 3.8) is 0 Å². The van der Waals surface area contributed by atoms with Gasteiger partial charge >= 0.3 is 12.4 Å². The molecule has 45 heavy (non-hydrogen) atoms. The third kappa shape index (κ3) is 6.59. The number of likely N-dealkylation sites (tertiary alicyclic amines) is 1. The van der Waals surface area contributed by atoms with E-state index in [1.807, 2.05) is 0 Å². The van der Waals surface area contributed by atoms with Gasteiger partial charge in [-0.3, -0.25) is 13.9 Å². The molecule has 4 N–H and O–H groups in total. The van der Waals surface area contributed by atoms with Gasteiger partial charge in [0.05, 0.1) is 36.3 Å². The van der Waals surface area contributed by atoms with Gasteiger partial charge < -0.3 is 25.5 Å². The highest BCUT2D eigenvalue weighted by atomic mass is 32.2. The summed E-state index contributed by atoms with van der Waals surface area (Å²) in [5, 5.41) is 31.6. The summed E-state index contributed by atoms with van der Waals surface area (Å²) >= 11 is 0. The zero-order valence-electron chi connectivity index (χ0n) is 23.2. The molecule has 0 saturated carbocycles. The summed E-state index contributed by atoms with van der Waals surface area (Å²) in [6.45, 7) is -1.21. The van der Waals surface area contributed by atoms with Crippen LogP contribution in [0, 0.1) is 5.82 Å². The van der Waals surface area contributed by atoms with Crippen molar-refractivity contribution in [2.45, 2.75) is 60.2 Å². The van der Waals surface area contributed by atoms with Gasteiger partial charge in [0.1, 0.15) is 11.4 Å². The Morgan fingerprint density at radius 3 is 2.20 bits per heavy atom. The molecule has 0 aromatic heterocycles. The number of hydrogen-bond acceptors (Lipinski definition) is 7. The van der Waals surface area contributed by atoms with E-state index in [1.54, 1.807) is 0 Å². The zero-order valence-corrected chi connectivity index (χ0v) is 24.0. The lowest BCUT2D eigenvalue weighted by Gasteiger charge is -2.39. The van der Waals surface area contributed by atoms with Crippen molar-refractivity contribution in [3.05, 3.63) is 59.4 Å². The number of amides is 2. The number of β-amino-alcohol motifs (C(OH)–C–C–N with tert-alkyl or cyclic N) is 1. The van der Waals surface area contributed by atoms with E-state index in [0.29, 0.717) is 16.4 Å². The minimum atomic E-state index is -6.18. The molecule has 2 unspecified atom stereocenters. The maximum atomic E-state index is 13.7. The fraction of sp³-hybridized carbons (Fsp3) is 0.481. The van der Waals surface area contributed by atoms with E-state index in [4.69, 9.17) is 0 Å². The topological polar surface area (TPSA) is 147 Å². The van der Waals surface area contributed by atoms with Crippen molar-refractivity contribution in [2.24, 2.45) is 0 Å². The molecular formula is C27H28F7N3O7S. The van der Waals surface area contributed by atoms with E-state index >= 15 is 0 Å². The normalized spacial score (nSPS) is 21.1. The van der Waals surface area contributed by atoms with Crippen molar-refractivity contribution < 1.29 is 64.1 Å². The average Bonchev–Trinajstić information content (AvgIpc) is 3.36. The van der Waals surface area contributed by atoms with E-state index in [0.717, 1.165) is 24.3 Å². The summed E-state index contributed by atoms with van der Waals surface area (Å²) in [7, 11) is -4.70. The number of sulfonamides is 1. The van der Waals surface area contributed by atoms with Gasteiger partial charge in [0.25, 0.3) is 15.6 Å². The first-order valence-electron chi connectivity index (χ1n) is 13.4. The zero-order chi connectivity index (χ0) is 33.6. The lowest BCUT2D eigenvalue weighted by molar-refractivity contribution is -0.376. The van der Waals surface area contributed by atoms with Crippen LogP contribution in [0.15, 0.2) is 47.4 Å². The monoisotopic (exact) mass is 671 g/mol. The van der Waals surface area contributed by atoms with E-state index in [1.165, 1.54) is 4.90 Å². The molecule has 10 nitrogen and oxygen atoms in total. The smallest absolute Gasteiger partial charge is 0.393 e. The molecule has 4 rings (SSSR count). The molecule has 2 aromatic carbocycles. The van der Waals surface area contributed by atoms with Gasteiger partial charge in [-0.1, -0.05) is 12.1 Å². The molecule has 0 spiro atoms. The number of rotatable bonds is 8.